The lowest BCUT2D eigenvalue weighted by Crippen LogP contribution is -2.33. The quantitative estimate of drug-likeness (QED) is 0.226. The zero-order chi connectivity index (χ0) is 30.8. The first-order chi connectivity index (χ1) is 21.2. The molecule has 4 aromatic rings. The predicted octanol–water partition coefficient (Wildman–Crippen LogP) is 6.22. The maximum Gasteiger partial charge on any atom is 0.387 e. The van der Waals surface area contributed by atoms with E-state index in [9.17, 15) is 23.1 Å². The van der Waals surface area contributed by atoms with E-state index in [1.165, 1.54) is 12.1 Å². The minimum atomic E-state index is -3.10. The number of ether oxygens (including phenoxy) is 3. The van der Waals surface area contributed by atoms with Crippen LogP contribution in [0.15, 0.2) is 48.5 Å². The number of carbonyl (C=O) groups is 1. The number of carboxylic acid groups (broad SMARTS) is 1. The summed E-state index contributed by atoms with van der Waals surface area (Å²) in [6, 6.07) is 13.3. The zero-order valence-electron chi connectivity index (χ0n) is 24.2. The molecule has 1 atom stereocenters. The number of aromatic nitrogens is 3. The summed E-state index contributed by atoms with van der Waals surface area (Å²) in [6.45, 7) is -0.356. The number of nitrogens with zero attached hydrogens (tertiary/aromatic N) is 4. The molecule has 0 bridgehead atoms. The van der Waals surface area contributed by atoms with E-state index in [1.54, 1.807) is 23.7 Å². The lowest BCUT2D eigenvalue weighted by molar-refractivity contribution is -0.0489. The number of pyridine rings is 1. The monoisotopic (exact) mass is 610 g/mol. The molecule has 44 heavy (non-hydrogen) atoms. The SMILES string of the molecule is Cn1c(CN2CCC(c3cccc(OCc4ccc(C5CCCO5)cc4F)n3)CC2)nc2c(OC(F)F)cc(C(=O)O)cc21. The summed E-state index contributed by atoms with van der Waals surface area (Å²) in [5.74, 6) is -0.555. The van der Waals surface area contributed by atoms with Crippen LogP contribution in [0.25, 0.3) is 11.0 Å². The van der Waals surface area contributed by atoms with E-state index in [2.05, 4.69) is 14.6 Å². The first kappa shape index (κ1) is 29.9. The number of likely N-dealkylation sites (tertiary alicyclic amines) is 1. The number of alkyl halides is 2. The Morgan fingerprint density at radius 1 is 1.11 bits per heavy atom. The van der Waals surface area contributed by atoms with Gasteiger partial charge < -0.3 is 23.9 Å². The van der Waals surface area contributed by atoms with Crippen molar-refractivity contribution in [2.45, 2.75) is 57.5 Å². The number of hydrogen-bond donors (Lipinski definition) is 1. The van der Waals surface area contributed by atoms with Crippen LogP contribution in [0, 0.1) is 5.82 Å². The third kappa shape index (κ3) is 6.51. The van der Waals surface area contributed by atoms with Crippen molar-refractivity contribution in [1.29, 1.82) is 0 Å². The number of benzene rings is 2. The highest BCUT2D eigenvalue weighted by Gasteiger charge is 2.25. The lowest BCUT2D eigenvalue weighted by atomic mass is 9.93. The van der Waals surface area contributed by atoms with E-state index < -0.39 is 12.6 Å². The molecule has 0 spiro atoms. The first-order valence-electron chi connectivity index (χ1n) is 14.6. The maximum atomic E-state index is 14.7. The average molecular weight is 611 g/mol. The molecule has 2 aromatic carbocycles. The van der Waals surface area contributed by atoms with Gasteiger partial charge in [0.25, 0.3) is 0 Å². The normalized spacial score (nSPS) is 17.9. The Morgan fingerprint density at radius 3 is 2.64 bits per heavy atom. The highest BCUT2D eigenvalue weighted by Crippen LogP contribution is 2.33. The Hall–Kier alpha value is -4.16. The second-order valence-corrected chi connectivity index (χ2v) is 11.2. The Kier molecular flexibility index (Phi) is 8.72. The van der Waals surface area contributed by atoms with Gasteiger partial charge in [0.05, 0.1) is 23.7 Å². The Balaban J connectivity index is 1.07. The van der Waals surface area contributed by atoms with Gasteiger partial charge in [-0.2, -0.15) is 8.78 Å². The van der Waals surface area contributed by atoms with Gasteiger partial charge in [0.2, 0.25) is 5.88 Å². The van der Waals surface area contributed by atoms with Crippen LogP contribution < -0.4 is 9.47 Å². The van der Waals surface area contributed by atoms with Crippen LogP contribution in [-0.2, 0) is 24.9 Å². The third-order valence-corrected chi connectivity index (χ3v) is 8.38. The Bertz CT molecular complexity index is 1650. The number of aromatic carboxylic acids is 1. The molecular formula is C32H33F3N4O5. The van der Waals surface area contributed by atoms with E-state index in [0.29, 0.717) is 35.9 Å². The molecule has 2 fully saturated rings. The van der Waals surface area contributed by atoms with Crippen LogP contribution in [0.3, 0.4) is 0 Å². The molecule has 9 nitrogen and oxygen atoms in total. The van der Waals surface area contributed by atoms with Gasteiger partial charge in [-0.1, -0.05) is 18.2 Å². The fourth-order valence-electron chi connectivity index (χ4n) is 5.95. The molecule has 1 N–H and O–H groups in total. The molecule has 2 saturated heterocycles. The van der Waals surface area contributed by atoms with Gasteiger partial charge in [0, 0.05) is 36.9 Å². The van der Waals surface area contributed by atoms with Crippen LogP contribution in [0.2, 0.25) is 0 Å². The molecule has 4 heterocycles. The number of piperidine rings is 1. The van der Waals surface area contributed by atoms with E-state index >= 15 is 0 Å². The molecule has 0 amide bonds. The number of hydrogen-bond acceptors (Lipinski definition) is 7. The highest BCUT2D eigenvalue weighted by atomic mass is 19.3. The van der Waals surface area contributed by atoms with Gasteiger partial charge in [-0.05, 0) is 68.6 Å². The molecule has 2 aliphatic heterocycles. The van der Waals surface area contributed by atoms with Crippen molar-refractivity contribution in [3.05, 3.63) is 82.6 Å². The molecular weight excluding hydrogens is 577 g/mol. The second-order valence-electron chi connectivity index (χ2n) is 11.2. The summed E-state index contributed by atoms with van der Waals surface area (Å²) in [5.41, 5.74) is 2.67. The first-order valence-corrected chi connectivity index (χ1v) is 14.6. The average Bonchev–Trinajstić information content (AvgIpc) is 3.66. The minimum absolute atomic E-state index is 0.0417. The van der Waals surface area contributed by atoms with Crippen molar-refractivity contribution in [1.82, 2.24) is 19.4 Å². The van der Waals surface area contributed by atoms with Gasteiger partial charge in [-0.3, -0.25) is 4.90 Å². The maximum absolute atomic E-state index is 14.7. The van der Waals surface area contributed by atoms with Crippen molar-refractivity contribution in [2.75, 3.05) is 19.7 Å². The Labute approximate surface area is 252 Å². The number of imidazole rings is 1. The lowest BCUT2D eigenvalue weighted by Gasteiger charge is -2.31. The summed E-state index contributed by atoms with van der Waals surface area (Å²) < 4.78 is 58.6. The van der Waals surface area contributed by atoms with Gasteiger partial charge in [-0.25, -0.2) is 19.2 Å². The van der Waals surface area contributed by atoms with Crippen LogP contribution in [0.1, 0.15) is 70.7 Å². The molecule has 12 heteroatoms. The zero-order valence-corrected chi connectivity index (χ0v) is 24.2. The highest BCUT2D eigenvalue weighted by molar-refractivity contribution is 5.95. The summed E-state index contributed by atoms with van der Waals surface area (Å²) in [4.78, 5) is 23.0. The minimum Gasteiger partial charge on any atom is -0.478 e. The van der Waals surface area contributed by atoms with Crippen LogP contribution in [0.4, 0.5) is 13.2 Å². The molecule has 0 radical (unpaired) electrons. The number of fused-ring (bicyclic) bond motifs is 1. The fourth-order valence-corrected chi connectivity index (χ4v) is 5.95. The summed E-state index contributed by atoms with van der Waals surface area (Å²) in [5, 5.41) is 9.42. The summed E-state index contributed by atoms with van der Waals surface area (Å²) in [6.07, 6.45) is 3.52. The van der Waals surface area contributed by atoms with Crippen LogP contribution in [-0.4, -0.2) is 56.8 Å². The van der Waals surface area contributed by atoms with Crippen LogP contribution in [0.5, 0.6) is 11.6 Å². The molecule has 2 aliphatic rings. The molecule has 6 rings (SSSR count). The van der Waals surface area contributed by atoms with Crippen molar-refractivity contribution in [3.63, 3.8) is 0 Å². The molecule has 232 valence electrons. The second kappa shape index (κ2) is 12.8. The third-order valence-electron chi connectivity index (χ3n) is 8.38. The van der Waals surface area contributed by atoms with E-state index in [1.807, 2.05) is 18.2 Å². The largest absolute Gasteiger partial charge is 0.478 e. The van der Waals surface area contributed by atoms with Crippen molar-refractivity contribution >= 4 is 17.0 Å². The molecule has 0 aliphatic carbocycles. The van der Waals surface area contributed by atoms with Gasteiger partial charge in [0.1, 0.15) is 23.8 Å². The van der Waals surface area contributed by atoms with Gasteiger partial charge in [0.15, 0.2) is 5.75 Å². The van der Waals surface area contributed by atoms with Crippen LogP contribution >= 0.6 is 0 Å². The smallest absolute Gasteiger partial charge is 0.387 e. The fraction of sp³-hybridized carbons (Fsp3) is 0.406. The van der Waals surface area contributed by atoms with E-state index in [4.69, 9.17) is 14.5 Å². The van der Waals surface area contributed by atoms with Crippen molar-refractivity contribution in [3.8, 4) is 11.6 Å². The Morgan fingerprint density at radius 2 is 1.93 bits per heavy atom. The van der Waals surface area contributed by atoms with Crippen molar-refractivity contribution in [2.24, 2.45) is 7.05 Å². The summed E-state index contributed by atoms with van der Waals surface area (Å²) >= 11 is 0. The number of halogens is 3. The van der Waals surface area contributed by atoms with Gasteiger partial charge in [-0.15, -0.1) is 0 Å². The van der Waals surface area contributed by atoms with E-state index in [-0.39, 0.29) is 41.3 Å². The summed E-state index contributed by atoms with van der Waals surface area (Å²) in [7, 11) is 1.73. The molecule has 1 unspecified atom stereocenters. The topological polar surface area (TPSA) is 98.9 Å². The number of aryl methyl sites for hydroxylation is 1. The molecule has 0 saturated carbocycles. The van der Waals surface area contributed by atoms with Gasteiger partial charge >= 0.3 is 12.6 Å². The standard InChI is InChI=1S/C32H33F3N4O5/c1-38-25-15-22(31(40)41)16-27(44-32(34)35)30(25)37-28(38)17-39-11-9-19(10-12-39)24-4-2-6-29(36-24)43-18-21-8-7-20(14-23(21)33)26-5-3-13-42-26/h2,4,6-8,14-16,19,26,32H,3,5,9-13,17-18H2,1H3,(H,40,41). The van der Waals surface area contributed by atoms with E-state index in [0.717, 1.165) is 56.1 Å². The van der Waals surface area contributed by atoms with Crippen molar-refractivity contribution < 1.29 is 37.3 Å². The number of carboxylic acids is 1. The predicted molar refractivity (Wildman–Crippen MR) is 154 cm³/mol. The number of rotatable bonds is 10. The molecule has 2 aromatic heterocycles.